The average molecular weight is 415 g/mol. The summed E-state index contributed by atoms with van der Waals surface area (Å²) in [6, 6.07) is 27.2. The van der Waals surface area contributed by atoms with Gasteiger partial charge in [-0.15, -0.1) is 6.58 Å². The summed E-state index contributed by atoms with van der Waals surface area (Å²) in [5, 5.41) is 2.83. The van der Waals surface area contributed by atoms with Crippen LogP contribution in [0.4, 0.5) is 0 Å². The highest BCUT2D eigenvalue weighted by molar-refractivity contribution is 5.89. The van der Waals surface area contributed by atoms with Crippen molar-refractivity contribution in [3.63, 3.8) is 0 Å². The Balaban J connectivity index is 1.91. The van der Waals surface area contributed by atoms with Gasteiger partial charge >= 0.3 is 0 Å². The number of ether oxygens (including phenoxy) is 1. The van der Waals surface area contributed by atoms with Crippen molar-refractivity contribution in [2.75, 3.05) is 13.2 Å². The van der Waals surface area contributed by atoms with E-state index in [1.807, 2.05) is 78.9 Å². The maximum Gasteiger partial charge on any atom is 0.261 e. The quantitative estimate of drug-likeness (QED) is 0.508. The monoisotopic (exact) mass is 414 g/mol. The molecule has 1 N–H and O–H groups in total. The van der Waals surface area contributed by atoms with Crippen LogP contribution < -0.4 is 10.1 Å². The van der Waals surface area contributed by atoms with Gasteiger partial charge < -0.3 is 15.0 Å². The van der Waals surface area contributed by atoms with E-state index in [1.54, 1.807) is 23.1 Å². The van der Waals surface area contributed by atoms with Crippen molar-refractivity contribution in [2.24, 2.45) is 0 Å². The van der Waals surface area contributed by atoms with E-state index in [-0.39, 0.29) is 25.0 Å². The molecule has 0 aliphatic rings. The maximum absolute atomic E-state index is 13.3. The molecule has 3 aromatic carbocycles. The number of nitrogens with zero attached hydrogens (tertiary/aromatic N) is 1. The second-order valence-electron chi connectivity index (χ2n) is 6.96. The second kappa shape index (κ2) is 11.4. The third-order valence-corrected chi connectivity index (χ3v) is 4.72. The molecule has 1 atom stereocenters. The number of rotatable bonds is 10. The molecule has 0 radical (unpaired) electrons. The molecule has 3 aromatic rings. The molecule has 0 saturated carbocycles. The minimum absolute atomic E-state index is 0.172. The van der Waals surface area contributed by atoms with E-state index in [0.29, 0.717) is 12.3 Å². The first kappa shape index (κ1) is 21.8. The molecule has 0 spiro atoms. The lowest BCUT2D eigenvalue weighted by Crippen LogP contribution is -2.45. The SMILES string of the molecule is C=CCNC(=O)C(c1ccccc1)N(Cc1ccccc1)C(=O)COc1ccccc1. The lowest BCUT2D eigenvalue weighted by molar-refractivity contribution is -0.143. The van der Waals surface area contributed by atoms with Crippen molar-refractivity contribution < 1.29 is 14.3 Å². The summed E-state index contributed by atoms with van der Waals surface area (Å²) < 4.78 is 5.69. The van der Waals surface area contributed by atoms with E-state index in [4.69, 9.17) is 4.74 Å². The Labute approximate surface area is 183 Å². The Morgan fingerprint density at radius 2 is 1.48 bits per heavy atom. The van der Waals surface area contributed by atoms with Crippen molar-refractivity contribution in [3.8, 4) is 5.75 Å². The number of carbonyl (C=O) groups is 2. The fourth-order valence-electron chi connectivity index (χ4n) is 3.23. The Morgan fingerprint density at radius 1 is 0.903 bits per heavy atom. The number of para-hydroxylation sites is 1. The van der Waals surface area contributed by atoms with E-state index in [2.05, 4.69) is 11.9 Å². The summed E-state index contributed by atoms with van der Waals surface area (Å²) in [4.78, 5) is 28.0. The summed E-state index contributed by atoms with van der Waals surface area (Å²) in [5.74, 6) is 0.0493. The molecule has 0 aliphatic heterocycles. The van der Waals surface area contributed by atoms with Crippen LogP contribution >= 0.6 is 0 Å². The van der Waals surface area contributed by atoms with Crippen LogP contribution in [0.25, 0.3) is 0 Å². The smallest absolute Gasteiger partial charge is 0.261 e. The summed E-state index contributed by atoms with van der Waals surface area (Å²) >= 11 is 0. The Bertz CT molecular complexity index is 975. The molecular formula is C26H26N2O3. The van der Waals surface area contributed by atoms with Gasteiger partial charge in [-0.2, -0.15) is 0 Å². The second-order valence-corrected chi connectivity index (χ2v) is 6.96. The molecule has 2 amide bonds. The molecule has 0 aromatic heterocycles. The van der Waals surface area contributed by atoms with E-state index >= 15 is 0 Å². The zero-order chi connectivity index (χ0) is 21.9. The van der Waals surface area contributed by atoms with Crippen LogP contribution in [0.15, 0.2) is 104 Å². The van der Waals surface area contributed by atoms with Crippen molar-refractivity contribution >= 4 is 11.8 Å². The number of hydrogen-bond acceptors (Lipinski definition) is 3. The minimum atomic E-state index is -0.798. The molecule has 0 fully saturated rings. The predicted octanol–water partition coefficient (Wildman–Crippen LogP) is 4.14. The first-order chi connectivity index (χ1) is 15.2. The zero-order valence-electron chi connectivity index (χ0n) is 17.3. The van der Waals surface area contributed by atoms with E-state index in [9.17, 15) is 9.59 Å². The first-order valence-electron chi connectivity index (χ1n) is 10.1. The van der Waals surface area contributed by atoms with Crippen LogP contribution in [0.2, 0.25) is 0 Å². The Kier molecular flexibility index (Phi) is 8.00. The van der Waals surface area contributed by atoms with E-state index in [0.717, 1.165) is 11.1 Å². The van der Waals surface area contributed by atoms with Crippen LogP contribution in [0.5, 0.6) is 5.75 Å². The van der Waals surface area contributed by atoms with Gasteiger partial charge in [0.1, 0.15) is 11.8 Å². The number of benzene rings is 3. The third kappa shape index (κ3) is 6.31. The molecule has 5 nitrogen and oxygen atoms in total. The van der Waals surface area contributed by atoms with Gasteiger partial charge in [0, 0.05) is 13.1 Å². The maximum atomic E-state index is 13.3. The standard InChI is InChI=1S/C26H26N2O3/c1-2-18-27-26(30)25(22-14-8-4-9-15-22)28(19-21-12-6-3-7-13-21)24(29)20-31-23-16-10-5-11-17-23/h2-17,25H,1,18-20H2,(H,27,30). The molecule has 1 unspecified atom stereocenters. The highest BCUT2D eigenvalue weighted by Crippen LogP contribution is 2.24. The van der Waals surface area contributed by atoms with Crippen LogP contribution in [0, 0.1) is 0 Å². The molecule has 158 valence electrons. The van der Waals surface area contributed by atoms with Gasteiger partial charge in [-0.1, -0.05) is 84.9 Å². The Hall–Kier alpha value is -3.86. The molecule has 0 bridgehead atoms. The largest absolute Gasteiger partial charge is 0.484 e. The van der Waals surface area contributed by atoms with Gasteiger partial charge in [-0.3, -0.25) is 9.59 Å². The van der Waals surface area contributed by atoms with Gasteiger partial charge in [-0.05, 0) is 23.3 Å². The number of amides is 2. The molecule has 0 heterocycles. The number of carbonyl (C=O) groups excluding carboxylic acids is 2. The van der Waals surface area contributed by atoms with Crippen molar-refractivity contribution in [1.82, 2.24) is 10.2 Å². The van der Waals surface area contributed by atoms with Gasteiger partial charge in [0.05, 0.1) is 0 Å². The first-order valence-corrected chi connectivity index (χ1v) is 10.1. The number of nitrogens with one attached hydrogen (secondary N) is 1. The van der Waals surface area contributed by atoms with Crippen LogP contribution in [0.1, 0.15) is 17.2 Å². The molecule has 0 aliphatic carbocycles. The molecule has 5 heteroatoms. The normalized spacial score (nSPS) is 11.2. The van der Waals surface area contributed by atoms with Crippen LogP contribution in [0.3, 0.4) is 0 Å². The van der Waals surface area contributed by atoms with Crippen molar-refractivity contribution in [3.05, 3.63) is 115 Å². The lowest BCUT2D eigenvalue weighted by Gasteiger charge is -2.31. The zero-order valence-corrected chi connectivity index (χ0v) is 17.3. The topological polar surface area (TPSA) is 58.6 Å². The van der Waals surface area contributed by atoms with Gasteiger partial charge in [-0.25, -0.2) is 0 Å². The van der Waals surface area contributed by atoms with Crippen molar-refractivity contribution in [2.45, 2.75) is 12.6 Å². The van der Waals surface area contributed by atoms with Crippen LogP contribution in [-0.4, -0.2) is 29.9 Å². The number of hydrogen-bond donors (Lipinski definition) is 1. The van der Waals surface area contributed by atoms with Crippen molar-refractivity contribution in [1.29, 1.82) is 0 Å². The molecular weight excluding hydrogens is 388 g/mol. The summed E-state index contributed by atoms with van der Waals surface area (Å²) in [6.07, 6.45) is 1.61. The average Bonchev–Trinajstić information content (AvgIpc) is 2.83. The fourth-order valence-corrected chi connectivity index (χ4v) is 3.23. The summed E-state index contributed by atoms with van der Waals surface area (Å²) in [7, 11) is 0. The van der Waals surface area contributed by atoms with E-state index in [1.165, 1.54) is 0 Å². The Morgan fingerprint density at radius 3 is 2.10 bits per heavy atom. The summed E-state index contributed by atoms with van der Waals surface area (Å²) in [6.45, 7) is 4.08. The van der Waals surface area contributed by atoms with Gasteiger partial charge in [0.15, 0.2) is 6.61 Å². The van der Waals surface area contributed by atoms with Gasteiger partial charge in [0.2, 0.25) is 5.91 Å². The van der Waals surface area contributed by atoms with E-state index < -0.39 is 6.04 Å². The third-order valence-electron chi connectivity index (χ3n) is 4.72. The minimum Gasteiger partial charge on any atom is -0.484 e. The fraction of sp³-hybridized carbons (Fsp3) is 0.154. The lowest BCUT2D eigenvalue weighted by atomic mass is 10.0. The predicted molar refractivity (Wildman–Crippen MR) is 121 cm³/mol. The molecule has 31 heavy (non-hydrogen) atoms. The summed E-state index contributed by atoms with van der Waals surface area (Å²) in [5.41, 5.74) is 1.65. The highest BCUT2D eigenvalue weighted by atomic mass is 16.5. The molecule has 0 saturated heterocycles. The highest BCUT2D eigenvalue weighted by Gasteiger charge is 2.31. The van der Waals surface area contributed by atoms with Gasteiger partial charge in [0.25, 0.3) is 5.91 Å². The molecule has 3 rings (SSSR count). The van der Waals surface area contributed by atoms with Crippen LogP contribution in [-0.2, 0) is 16.1 Å².